The number of ketones is 1. The molecule has 4 saturated carbocycles. The Hall–Kier alpha value is -0.0100. The van der Waals surface area contributed by atoms with Gasteiger partial charge < -0.3 is 0 Å². The summed E-state index contributed by atoms with van der Waals surface area (Å²) >= 11 is 11.2. The van der Waals surface area contributed by atoms with Crippen LogP contribution < -0.4 is 0 Å². The van der Waals surface area contributed by atoms with Crippen molar-refractivity contribution in [2.45, 2.75) is 6.42 Å². The van der Waals surface area contributed by atoms with E-state index in [0.717, 1.165) is 6.42 Å². The van der Waals surface area contributed by atoms with Crippen LogP contribution in [0.1, 0.15) is 6.42 Å². The van der Waals surface area contributed by atoms with E-state index < -0.39 is 0 Å². The molecule has 0 amide bonds. The zero-order valence-corrected chi connectivity index (χ0v) is 7.85. The number of carbonyl (C=O) groups excluding carboxylic acids is 1. The van der Waals surface area contributed by atoms with Crippen LogP contribution in [0.25, 0.3) is 0 Å². The minimum absolute atomic E-state index is 0.262. The lowest BCUT2D eigenvalue weighted by Gasteiger charge is -2.06. The highest BCUT2D eigenvalue weighted by atomic mass is 35.5. The molecular weight excluding hydrogens is 195 g/mol. The molecule has 0 radical (unpaired) electrons. The van der Waals surface area contributed by atoms with E-state index in [1.54, 1.807) is 0 Å². The first kappa shape index (κ1) is 7.40. The normalized spacial score (nSPS) is 52.8. The van der Waals surface area contributed by atoms with Crippen molar-refractivity contribution in [2.24, 2.45) is 29.6 Å². The second-order valence-corrected chi connectivity index (χ2v) is 5.05. The molecule has 0 aromatic carbocycles. The third-order valence-electron chi connectivity index (χ3n) is 3.68. The Bertz CT molecular complexity index is 293. The Balaban J connectivity index is 1.94. The van der Waals surface area contributed by atoms with Crippen LogP contribution in [0, 0.1) is 29.6 Å². The Morgan fingerprint density at radius 3 is 2.58 bits per heavy atom. The largest absolute Gasteiger partial charge is 0.299 e. The monoisotopic (exact) mass is 202 g/mol. The van der Waals surface area contributed by atoms with Gasteiger partial charge in [-0.2, -0.15) is 0 Å². The molecule has 1 nitrogen and oxygen atoms in total. The van der Waals surface area contributed by atoms with Gasteiger partial charge in [0.2, 0.25) is 0 Å². The first-order chi connectivity index (χ1) is 5.70. The first-order valence-electron chi connectivity index (χ1n) is 4.26. The maximum Gasteiger partial charge on any atom is 0.140 e. The number of carbonyl (C=O) groups is 1. The van der Waals surface area contributed by atoms with E-state index in [2.05, 4.69) is 0 Å². The van der Waals surface area contributed by atoms with Gasteiger partial charge in [0.05, 0.1) is 0 Å². The van der Waals surface area contributed by atoms with E-state index in [9.17, 15) is 4.79 Å². The van der Waals surface area contributed by atoms with Gasteiger partial charge in [-0.25, -0.2) is 0 Å². The second-order valence-electron chi connectivity index (χ2n) is 4.05. The van der Waals surface area contributed by atoms with Crippen molar-refractivity contribution in [3.05, 3.63) is 10.6 Å². The van der Waals surface area contributed by atoms with Gasteiger partial charge >= 0.3 is 0 Å². The fourth-order valence-electron chi connectivity index (χ4n) is 3.27. The molecule has 0 heterocycles. The third kappa shape index (κ3) is 0.699. The summed E-state index contributed by atoms with van der Waals surface area (Å²) < 4.78 is 0.325. The highest BCUT2D eigenvalue weighted by Gasteiger charge is 2.73. The lowest BCUT2D eigenvalue weighted by molar-refractivity contribution is -0.121. The van der Waals surface area contributed by atoms with Crippen LogP contribution in [0.3, 0.4) is 0 Å². The van der Waals surface area contributed by atoms with Crippen molar-refractivity contribution in [1.82, 2.24) is 0 Å². The van der Waals surface area contributed by atoms with Crippen molar-refractivity contribution in [2.75, 3.05) is 0 Å². The first-order valence-corrected chi connectivity index (χ1v) is 5.02. The van der Waals surface area contributed by atoms with Crippen LogP contribution in [0.5, 0.6) is 0 Å². The SMILES string of the molecule is O=C1[C@@H]2[C@@H]3C[C@H]1[C@@H](C=C(Cl)Cl)[C@@H]32. The molecule has 12 heavy (non-hydrogen) atoms. The minimum Gasteiger partial charge on any atom is -0.299 e. The van der Waals surface area contributed by atoms with E-state index in [1.165, 1.54) is 0 Å². The van der Waals surface area contributed by atoms with Gasteiger partial charge in [0.1, 0.15) is 10.3 Å². The smallest absolute Gasteiger partial charge is 0.140 e. The van der Waals surface area contributed by atoms with Gasteiger partial charge in [0.15, 0.2) is 0 Å². The van der Waals surface area contributed by atoms with Gasteiger partial charge in [-0.05, 0) is 24.2 Å². The molecule has 4 aliphatic carbocycles. The number of halogens is 2. The van der Waals surface area contributed by atoms with Crippen LogP contribution in [0.15, 0.2) is 10.6 Å². The molecule has 0 aromatic rings. The standard InChI is InChI=1S/C9H8Cl2O/c10-6(11)2-3-4-1-5-7(3)8(5)9(4)12/h2-5,7-8H,1H2/t3-,4+,5-,7+,8-/m1/s1. The van der Waals surface area contributed by atoms with Crippen LogP contribution in [0.4, 0.5) is 0 Å². The van der Waals surface area contributed by atoms with E-state index in [0.29, 0.717) is 33.9 Å². The molecular formula is C9H8Cl2O. The molecule has 0 aliphatic heterocycles. The van der Waals surface area contributed by atoms with Crippen LogP contribution in [-0.4, -0.2) is 5.78 Å². The Morgan fingerprint density at radius 1 is 1.50 bits per heavy atom. The number of hydrogen-bond donors (Lipinski definition) is 0. The van der Waals surface area contributed by atoms with E-state index in [1.807, 2.05) is 6.08 Å². The van der Waals surface area contributed by atoms with Crippen molar-refractivity contribution in [3.63, 3.8) is 0 Å². The molecule has 0 aromatic heterocycles. The van der Waals surface area contributed by atoms with E-state index >= 15 is 0 Å². The topological polar surface area (TPSA) is 17.1 Å². The average molecular weight is 203 g/mol. The molecule has 3 heteroatoms. The van der Waals surface area contributed by atoms with Gasteiger partial charge in [0.25, 0.3) is 0 Å². The summed E-state index contributed by atoms with van der Waals surface area (Å²) in [4.78, 5) is 11.5. The van der Waals surface area contributed by atoms with Crippen molar-refractivity contribution in [3.8, 4) is 0 Å². The maximum atomic E-state index is 11.5. The fraction of sp³-hybridized carbons (Fsp3) is 0.667. The predicted octanol–water partition coefficient (Wildman–Crippen LogP) is 2.39. The molecule has 0 spiro atoms. The second kappa shape index (κ2) is 2.08. The quantitative estimate of drug-likeness (QED) is 0.639. The zero-order valence-electron chi connectivity index (χ0n) is 6.34. The van der Waals surface area contributed by atoms with Gasteiger partial charge in [-0.3, -0.25) is 4.79 Å². The lowest BCUT2D eigenvalue weighted by atomic mass is 9.98. The highest BCUT2D eigenvalue weighted by molar-refractivity contribution is 6.55. The lowest BCUT2D eigenvalue weighted by Crippen LogP contribution is -2.08. The molecule has 0 saturated heterocycles. The van der Waals surface area contributed by atoms with Crippen molar-refractivity contribution < 1.29 is 4.79 Å². The number of rotatable bonds is 1. The molecule has 0 unspecified atom stereocenters. The molecule has 4 aliphatic rings. The molecule has 4 rings (SSSR count). The third-order valence-corrected chi connectivity index (χ3v) is 3.93. The van der Waals surface area contributed by atoms with Crippen molar-refractivity contribution >= 4 is 29.0 Å². The average Bonchev–Trinajstić information content (AvgIpc) is 2.34. The molecule has 4 fully saturated rings. The molecule has 4 bridgehead atoms. The summed E-state index contributed by atoms with van der Waals surface area (Å²) in [6.45, 7) is 0. The van der Waals surface area contributed by atoms with Gasteiger partial charge in [-0.15, -0.1) is 0 Å². The summed E-state index contributed by atoms with van der Waals surface area (Å²) in [6.07, 6.45) is 2.96. The molecule has 5 atom stereocenters. The fourth-order valence-corrected chi connectivity index (χ4v) is 3.57. The summed E-state index contributed by atoms with van der Waals surface area (Å²) in [6, 6.07) is 0. The Kier molecular flexibility index (Phi) is 1.28. The van der Waals surface area contributed by atoms with Gasteiger partial charge in [-0.1, -0.05) is 29.3 Å². The maximum absolute atomic E-state index is 11.5. The van der Waals surface area contributed by atoms with Gasteiger partial charge in [0, 0.05) is 11.8 Å². The van der Waals surface area contributed by atoms with Crippen LogP contribution in [0.2, 0.25) is 0 Å². The summed E-state index contributed by atoms with van der Waals surface area (Å²) in [5.41, 5.74) is 0. The van der Waals surface area contributed by atoms with E-state index in [4.69, 9.17) is 23.2 Å². The number of Topliss-reactive ketones (excluding diaryl/α,β-unsaturated/α-hetero) is 1. The minimum atomic E-state index is 0.262. The number of hydrogen-bond acceptors (Lipinski definition) is 1. The predicted molar refractivity (Wildman–Crippen MR) is 46.9 cm³/mol. The highest BCUT2D eigenvalue weighted by Crippen LogP contribution is 2.71. The van der Waals surface area contributed by atoms with E-state index in [-0.39, 0.29) is 5.92 Å². The number of allylic oxidation sites excluding steroid dienone is 1. The Labute approximate surface area is 80.7 Å². The van der Waals surface area contributed by atoms with Crippen LogP contribution in [-0.2, 0) is 4.79 Å². The van der Waals surface area contributed by atoms with Crippen LogP contribution >= 0.6 is 23.2 Å². The molecule has 0 N–H and O–H groups in total. The molecule has 64 valence electrons. The zero-order chi connectivity index (χ0) is 8.46. The van der Waals surface area contributed by atoms with Crippen molar-refractivity contribution in [1.29, 1.82) is 0 Å². The summed E-state index contributed by atoms with van der Waals surface area (Å²) in [5, 5.41) is 0. The Morgan fingerprint density at radius 2 is 2.25 bits per heavy atom. The summed E-state index contributed by atoms with van der Waals surface area (Å²) in [7, 11) is 0. The summed E-state index contributed by atoms with van der Waals surface area (Å²) in [5.74, 6) is 2.80.